The minimum atomic E-state index is -0.488. The predicted molar refractivity (Wildman–Crippen MR) is 95.6 cm³/mol. The topological polar surface area (TPSA) is 51.2 Å². The highest BCUT2D eigenvalue weighted by Crippen LogP contribution is 2.30. The van der Waals surface area contributed by atoms with Crippen LogP contribution in [0.4, 0.5) is 9.18 Å². The van der Waals surface area contributed by atoms with E-state index in [1.54, 1.807) is 18.2 Å². The van der Waals surface area contributed by atoms with Crippen LogP contribution in [0.1, 0.15) is 5.56 Å². The predicted octanol–water partition coefficient (Wildman–Crippen LogP) is 4.78. The van der Waals surface area contributed by atoms with E-state index in [1.165, 1.54) is 29.7 Å². The van der Waals surface area contributed by atoms with Gasteiger partial charge in [0, 0.05) is 23.7 Å². The maximum Gasteiger partial charge on any atom is 0.416 e. The number of nitrogens with zero attached hydrogens (tertiary/aromatic N) is 1. The van der Waals surface area contributed by atoms with E-state index >= 15 is 0 Å². The molecule has 4 nitrogen and oxygen atoms in total. The van der Waals surface area contributed by atoms with Gasteiger partial charge in [0.05, 0.1) is 16.5 Å². The second kappa shape index (κ2) is 6.49. The molecule has 1 N–H and O–H groups in total. The van der Waals surface area contributed by atoms with Gasteiger partial charge in [0.25, 0.3) is 0 Å². The van der Waals surface area contributed by atoms with Gasteiger partial charge in [-0.05, 0) is 29.8 Å². The van der Waals surface area contributed by atoms with Gasteiger partial charge in [-0.1, -0.05) is 24.3 Å². The second-order valence-corrected chi connectivity index (χ2v) is 6.59. The highest BCUT2D eigenvalue weighted by atomic mass is 32.1. The zero-order chi connectivity index (χ0) is 17.2. The van der Waals surface area contributed by atoms with Gasteiger partial charge in [-0.3, -0.25) is 5.32 Å². The van der Waals surface area contributed by atoms with Crippen molar-refractivity contribution in [2.45, 2.75) is 6.42 Å². The molecule has 0 atom stereocenters. The summed E-state index contributed by atoms with van der Waals surface area (Å²) in [5, 5.41) is 3.54. The Hall–Kier alpha value is -2.99. The van der Waals surface area contributed by atoms with Crippen LogP contribution in [-0.2, 0) is 11.2 Å². The first-order chi connectivity index (χ1) is 12.2. The Morgan fingerprint density at radius 3 is 2.84 bits per heavy atom. The molecule has 1 amide bonds. The molecule has 0 saturated carbocycles. The third kappa shape index (κ3) is 3.44. The number of ether oxygens (including phenoxy) is 1. The van der Waals surface area contributed by atoms with E-state index in [1.807, 2.05) is 24.3 Å². The summed E-state index contributed by atoms with van der Waals surface area (Å²) in [6.07, 6.45) is 4.94. The normalized spacial score (nSPS) is 14.0. The number of nitrogens with one attached hydrogen (secondary N) is 1. The number of fused-ring (bicyclic) bond motifs is 1. The van der Waals surface area contributed by atoms with Crippen molar-refractivity contribution in [2.75, 3.05) is 0 Å². The zero-order valence-corrected chi connectivity index (χ0v) is 13.8. The van der Waals surface area contributed by atoms with Crippen LogP contribution in [0.15, 0.2) is 66.6 Å². The molecular weight excluding hydrogens is 339 g/mol. The van der Waals surface area contributed by atoms with Crippen LogP contribution in [0.5, 0.6) is 0 Å². The molecule has 1 aliphatic rings. The Bertz CT molecular complexity index is 1010. The number of alkyl carbamates (subject to hydrolysis) is 1. The first-order valence-electron chi connectivity index (χ1n) is 7.66. The average Bonchev–Trinajstić information content (AvgIpc) is 2.91. The number of hydrogen-bond donors (Lipinski definition) is 1. The molecule has 1 aromatic heterocycles. The van der Waals surface area contributed by atoms with Crippen LogP contribution in [0.2, 0.25) is 0 Å². The largest absolute Gasteiger partial charge is 0.418 e. The summed E-state index contributed by atoms with van der Waals surface area (Å²) in [5.41, 5.74) is 3.47. The van der Waals surface area contributed by atoms with E-state index in [-0.39, 0.29) is 5.82 Å². The number of benzene rings is 2. The molecule has 0 radical (unpaired) electrons. The van der Waals surface area contributed by atoms with E-state index in [9.17, 15) is 9.18 Å². The highest BCUT2D eigenvalue weighted by Gasteiger charge is 2.10. The first kappa shape index (κ1) is 15.5. The van der Waals surface area contributed by atoms with Gasteiger partial charge in [-0.2, -0.15) is 0 Å². The van der Waals surface area contributed by atoms with Crippen LogP contribution in [0, 0.1) is 5.82 Å². The van der Waals surface area contributed by atoms with E-state index in [0.29, 0.717) is 11.9 Å². The van der Waals surface area contributed by atoms with Crippen molar-refractivity contribution < 1.29 is 13.9 Å². The van der Waals surface area contributed by atoms with Crippen LogP contribution in [-0.4, -0.2) is 11.1 Å². The van der Waals surface area contributed by atoms with E-state index in [0.717, 1.165) is 26.5 Å². The molecule has 0 fully saturated rings. The standard InChI is InChI=1S/C19H13FN2O2S/c20-14-7-8-17-16(11-14)22-18(25-17)13-5-3-12(4-6-13)10-15-2-1-9-24-19(23)21-15/h1-9,11H,10H2,(H,21,23). The number of cyclic esters (lactones) is 1. The fourth-order valence-electron chi connectivity index (χ4n) is 2.57. The Kier molecular flexibility index (Phi) is 4.03. The number of allylic oxidation sites excluding steroid dienone is 3. The summed E-state index contributed by atoms with van der Waals surface area (Å²) >= 11 is 1.53. The Morgan fingerprint density at radius 1 is 1.16 bits per heavy atom. The summed E-state index contributed by atoms with van der Waals surface area (Å²) in [5.74, 6) is -0.281. The van der Waals surface area contributed by atoms with Gasteiger partial charge < -0.3 is 4.74 Å². The number of halogens is 1. The maximum atomic E-state index is 13.3. The molecule has 2 heterocycles. The van der Waals surface area contributed by atoms with Crippen LogP contribution in [0.25, 0.3) is 20.8 Å². The van der Waals surface area contributed by atoms with E-state index in [2.05, 4.69) is 10.3 Å². The highest BCUT2D eigenvalue weighted by molar-refractivity contribution is 7.21. The van der Waals surface area contributed by atoms with Gasteiger partial charge in [-0.15, -0.1) is 11.3 Å². The van der Waals surface area contributed by atoms with Gasteiger partial charge in [0.1, 0.15) is 10.8 Å². The summed E-state index contributed by atoms with van der Waals surface area (Å²) in [6, 6.07) is 12.6. The summed E-state index contributed by atoms with van der Waals surface area (Å²) < 4.78 is 19.0. The Labute approximate surface area is 147 Å². The van der Waals surface area contributed by atoms with Gasteiger partial charge in [-0.25, -0.2) is 14.2 Å². The molecule has 0 saturated heterocycles. The number of carbonyl (C=O) groups excluding carboxylic acids is 1. The number of aromatic nitrogens is 1. The van der Waals surface area contributed by atoms with Crippen molar-refractivity contribution in [3.05, 3.63) is 78.0 Å². The molecule has 1 aliphatic heterocycles. The Balaban J connectivity index is 1.55. The molecule has 124 valence electrons. The first-order valence-corrected chi connectivity index (χ1v) is 8.48. The number of carbonyl (C=O) groups is 1. The lowest BCUT2D eigenvalue weighted by atomic mass is 10.1. The minimum absolute atomic E-state index is 0.281. The molecule has 6 heteroatoms. The second-order valence-electron chi connectivity index (χ2n) is 5.56. The molecule has 25 heavy (non-hydrogen) atoms. The van der Waals surface area contributed by atoms with Gasteiger partial charge in [0.15, 0.2) is 0 Å². The SMILES string of the molecule is O=C1NC(Cc2ccc(-c3nc4cc(F)ccc4s3)cc2)=CC=CO1. The van der Waals surface area contributed by atoms with Crippen molar-refractivity contribution >= 4 is 27.6 Å². The van der Waals surface area contributed by atoms with Gasteiger partial charge >= 0.3 is 6.09 Å². The molecule has 2 aromatic carbocycles. The summed E-state index contributed by atoms with van der Waals surface area (Å²) in [4.78, 5) is 15.9. The van der Waals surface area contributed by atoms with Crippen molar-refractivity contribution in [3.63, 3.8) is 0 Å². The number of rotatable bonds is 3. The smallest absolute Gasteiger partial charge is 0.416 e. The van der Waals surface area contributed by atoms with Crippen molar-refractivity contribution in [1.29, 1.82) is 0 Å². The average molecular weight is 352 g/mol. The molecule has 0 bridgehead atoms. The third-order valence-electron chi connectivity index (χ3n) is 3.76. The van der Waals surface area contributed by atoms with Crippen LogP contribution in [0.3, 0.4) is 0 Å². The minimum Gasteiger partial charge on any atom is -0.418 e. The molecular formula is C19H13FN2O2S. The lowest BCUT2D eigenvalue weighted by molar-refractivity contribution is 0.189. The monoisotopic (exact) mass is 352 g/mol. The quantitative estimate of drug-likeness (QED) is 0.738. The van der Waals surface area contributed by atoms with Gasteiger partial charge in [0.2, 0.25) is 0 Å². The fraction of sp³-hybridized carbons (Fsp3) is 0.0526. The van der Waals surface area contributed by atoms with Crippen molar-refractivity contribution in [2.24, 2.45) is 0 Å². The molecule has 0 spiro atoms. The molecule has 0 unspecified atom stereocenters. The van der Waals surface area contributed by atoms with Crippen LogP contribution >= 0.6 is 11.3 Å². The van der Waals surface area contributed by atoms with Crippen molar-refractivity contribution in [3.8, 4) is 10.6 Å². The van der Waals surface area contributed by atoms with Crippen molar-refractivity contribution in [1.82, 2.24) is 10.3 Å². The molecule has 4 rings (SSSR count). The van der Waals surface area contributed by atoms with Crippen LogP contribution < -0.4 is 5.32 Å². The molecule has 3 aromatic rings. The Morgan fingerprint density at radius 2 is 2.00 bits per heavy atom. The fourth-order valence-corrected chi connectivity index (χ4v) is 3.52. The van der Waals surface area contributed by atoms with E-state index in [4.69, 9.17) is 4.74 Å². The third-order valence-corrected chi connectivity index (χ3v) is 4.84. The van der Waals surface area contributed by atoms with E-state index < -0.39 is 6.09 Å². The number of amides is 1. The maximum absolute atomic E-state index is 13.3. The summed E-state index contributed by atoms with van der Waals surface area (Å²) in [7, 11) is 0. The summed E-state index contributed by atoms with van der Waals surface area (Å²) in [6.45, 7) is 0. The lowest BCUT2D eigenvalue weighted by Crippen LogP contribution is -2.22. The number of hydrogen-bond acceptors (Lipinski definition) is 4. The lowest BCUT2D eigenvalue weighted by Gasteiger charge is -2.07. The molecule has 0 aliphatic carbocycles. The number of thiazole rings is 1. The zero-order valence-electron chi connectivity index (χ0n) is 13.0.